The number of carbonyl (C=O) groups excluding carboxylic acids is 3. The molecule has 3 unspecified atom stereocenters. The third kappa shape index (κ3) is 4.52. The molecule has 3 heterocycles. The Morgan fingerprint density at radius 1 is 1.19 bits per heavy atom. The molecule has 0 aliphatic carbocycles. The summed E-state index contributed by atoms with van der Waals surface area (Å²) in [5.41, 5.74) is 2.46. The molecule has 8 nitrogen and oxygen atoms in total. The van der Waals surface area contributed by atoms with E-state index in [9.17, 15) is 14.4 Å². The van der Waals surface area contributed by atoms with Crippen molar-refractivity contribution >= 4 is 41.2 Å². The number of nitrogens with one attached hydrogen (secondary N) is 2. The Hall–Kier alpha value is -2.85. The Labute approximate surface area is 218 Å². The molecule has 10 heteroatoms. The van der Waals surface area contributed by atoms with Gasteiger partial charge in [0.1, 0.15) is 17.5 Å². The van der Waals surface area contributed by atoms with Crippen molar-refractivity contribution in [2.75, 3.05) is 18.8 Å². The van der Waals surface area contributed by atoms with Crippen molar-refractivity contribution < 1.29 is 23.9 Å². The van der Waals surface area contributed by atoms with Gasteiger partial charge < -0.3 is 25.0 Å². The van der Waals surface area contributed by atoms with E-state index in [0.717, 1.165) is 11.1 Å². The molecule has 0 aromatic heterocycles. The lowest BCUT2D eigenvalue weighted by atomic mass is 10.00. The first kappa shape index (κ1) is 24.8. The number of ether oxygens (including phenoxy) is 2. The fourth-order valence-corrected chi connectivity index (χ4v) is 6.98. The Balaban J connectivity index is 1.29. The third-order valence-electron chi connectivity index (χ3n) is 6.69. The number of rotatable bonds is 8. The van der Waals surface area contributed by atoms with Gasteiger partial charge >= 0.3 is 0 Å². The Morgan fingerprint density at radius 2 is 1.97 bits per heavy atom. The minimum Gasteiger partial charge on any atom is -0.454 e. The highest BCUT2D eigenvalue weighted by molar-refractivity contribution is 8.01. The number of carbonyl (C=O) groups is 3. The van der Waals surface area contributed by atoms with Crippen LogP contribution in [0, 0.1) is 0 Å². The summed E-state index contributed by atoms with van der Waals surface area (Å²) >= 11 is 3.22. The van der Waals surface area contributed by atoms with Crippen LogP contribution in [0.2, 0.25) is 0 Å². The van der Waals surface area contributed by atoms with Gasteiger partial charge in [-0.25, -0.2) is 0 Å². The van der Waals surface area contributed by atoms with Crippen LogP contribution in [0.1, 0.15) is 47.1 Å². The molecule has 0 bridgehead atoms. The highest BCUT2D eigenvalue weighted by atomic mass is 32.2. The number of amides is 3. The Bertz CT molecular complexity index is 1200. The maximum atomic E-state index is 13.6. The second-order valence-corrected chi connectivity index (χ2v) is 12.2. The van der Waals surface area contributed by atoms with Crippen LogP contribution in [-0.2, 0) is 16.1 Å². The molecule has 5 rings (SSSR count). The summed E-state index contributed by atoms with van der Waals surface area (Å²) in [7, 11) is 0. The van der Waals surface area contributed by atoms with Gasteiger partial charge in [0.2, 0.25) is 18.6 Å². The van der Waals surface area contributed by atoms with E-state index in [2.05, 4.69) is 10.6 Å². The quantitative estimate of drug-likeness (QED) is 0.544. The molecule has 3 atom stereocenters. The SMILES string of the molecule is CSCCC(NC(=O)C1N2C(=O)c3ccccc3C2SC1(C)C)C(=O)NCc1ccc2c(c1)OCO2. The first-order valence-electron chi connectivity index (χ1n) is 11.8. The summed E-state index contributed by atoms with van der Waals surface area (Å²) in [5.74, 6) is 1.35. The predicted molar refractivity (Wildman–Crippen MR) is 140 cm³/mol. The van der Waals surface area contributed by atoms with Gasteiger partial charge in [-0.2, -0.15) is 11.8 Å². The molecule has 2 aromatic rings. The second-order valence-electron chi connectivity index (χ2n) is 9.52. The summed E-state index contributed by atoms with van der Waals surface area (Å²) in [5, 5.41) is 5.71. The first-order valence-corrected chi connectivity index (χ1v) is 14.1. The van der Waals surface area contributed by atoms with Crippen molar-refractivity contribution in [1.29, 1.82) is 0 Å². The highest BCUT2D eigenvalue weighted by Crippen LogP contribution is 2.56. The van der Waals surface area contributed by atoms with Crippen LogP contribution in [0.4, 0.5) is 0 Å². The normalized spacial score (nSPS) is 21.6. The average Bonchev–Trinajstić information content (AvgIpc) is 3.51. The predicted octanol–water partition coefficient (Wildman–Crippen LogP) is 3.32. The maximum absolute atomic E-state index is 13.6. The van der Waals surface area contributed by atoms with Gasteiger partial charge in [-0.1, -0.05) is 24.3 Å². The summed E-state index contributed by atoms with van der Waals surface area (Å²) in [6.45, 7) is 4.45. The molecule has 3 amide bonds. The number of thioether (sulfide) groups is 2. The molecular formula is C26H29N3O5S2. The van der Waals surface area contributed by atoms with E-state index >= 15 is 0 Å². The first-order chi connectivity index (χ1) is 17.3. The van der Waals surface area contributed by atoms with Crippen LogP contribution in [0.5, 0.6) is 11.5 Å². The average molecular weight is 528 g/mol. The van der Waals surface area contributed by atoms with Crippen molar-refractivity contribution in [2.24, 2.45) is 0 Å². The zero-order chi connectivity index (χ0) is 25.4. The molecule has 3 aliphatic heterocycles. The van der Waals surface area contributed by atoms with Gasteiger partial charge in [-0.05, 0) is 61.6 Å². The van der Waals surface area contributed by atoms with Crippen LogP contribution in [0.3, 0.4) is 0 Å². The summed E-state index contributed by atoms with van der Waals surface area (Å²) in [6.07, 6.45) is 2.45. The molecular weight excluding hydrogens is 498 g/mol. The van der Waals surface area contributed by atoms with Crippen molar-refractivity contribution in [3.8, 4) is 11.5 Å². The fraction of sp³-hybridized carbons (Fsp3) is 0.423. The van der Waals surface area contributed by atoms with E-state index < -0.39 is 16.8 Å². The largest absolute Gasteiger partial charge is 0.454 e. The van der Waals surface area contributed by atoms with E-state index in [1.807, 2.05) is 62.6 Å². The van der Waals surface area contributed by atoms with Crippen LogP contribution >= 0.6 is 23.5 Å². The molecule has 190 valence electrons. The molecule has 0 saturated carbocycles. The number of fused-ring (bicyclic) bond motifs is 4. The smallest absolute Gasteiger partial charge is 0.256 e. The van der Waals surface area contributed by atoms with E-state index in [1.165, 1.54) is 0 Å². The summed E-state index contributed by atoms with van der Waals surface area (Å²) in [4.78, 5) is 41.7. The van der Waals surface area contributed by atoms with Gasteiger partial charge in [-0.15, -0.1) is 11.8 Å². The van der Waals surface area contributed by atoms with Gasteiger partial charge in [0.15, 0.2) is 11.5 Å². The number of nitrogens with zero attached hydrogens (tertiary/aromatic N) is 1. The molecule has 1 saturated heterocycles. The van der Waals surface area contributed by atoms with Crippen LogP contribution < -0.4 is 20.1 Å². The van der Waals surface area contributed by atoms with Crippen LogP contribution in [0.25, 0.3) is 0 Å². The number of benzene rings is 2. The molecule has 0 spiro atoms. The zero-order valence-electron chi connectivity index (χ0n) is 20.4. The lowest BCUT2D eigenvalue weighted by Gasteiger charge is -2.31. The fourth-order valence-electron chi connectivity index (χ4n) is 4.92. The van der Waals surface area contributed by atoms with Crippen molar-refractivity contribution in [2.45, 2.75) is 49.0 Å². The number of hydrogen-bond donors (Lipinski definition) is 2. The van der Waals surface area contributed by atoms with E-state index in [-0.39, 0.29) is 29.9 Å². The van der Waals surface area contributed by atoms with E-state index in [1.54, 1.807) is 28.4 Å². The maximum Gasteiger partial charge on any atom is 0.256 e. The van der Waals surface area contributed by atoms with Crippen LogP contribution in [0.15, 0.2) is 42.5 Å². The minimum atomic E-state index is -0.709. The third-order valence-corrected chi connectivity index (χ3v) is 8.87. The lowest BCUT2D eigenvalue weighted by Crippen LogP contribution is -2.57. The van der Waals surface area contributed by atoms with Crippen molar-refractivity contribution in [1.82, 2.24) is 15.5 Å². The van der Waals surface area contributed by atoms with Crippen molar-refractivity contribution in [3.05, 3.63) is 59.2 Å². The van der Waals surface area contributed by atoms with Crippen LogP contribution in [-0.4, -0.2) is 58.3 Å². The molecule has 2 N–H and O–H groups in total. The molecule has 3 aliphatic rings. The van der Waals surface area contributed by atoms with Crippen molar-refractivity contribution in [3.63, 3.8) is 0 Å². The highest BCUT2D eigenvalue weighted by Gasteiger charge is 2.57. The van der Waals surface area contributed by atoms with Gasteiger partial charge in [0.25, 0.3) is 5.91 Å². The van der Waals surface area contributed by atoms with E-state index in [0.29, 0.717) is 35.8 Å². The Kier molecular flexibility index (Phi) is 6.82. The van der Waals surface area contributed by atoms with E-state index in [4.69, 9.17) is 9.47 Å². The Morgan fingerprint density at radius 3 is 2.78 bits per heavy atom. The second kappa shape index (κ2) is 9.89. The lowest BCUT2D eigenvalue weighted by molar-refractivity contribution is -0.132. The molecule has 2 aromatic carbocycles. The number of hydrogen-bond acceptors (Lipinski definition) is 7. The summed E-state index contributed by atoms with van der Waals surface area (Å²) < 4.78 is 10.2. The molecule has 0 radical (unpaired) electrons. The van der Waals surface area contributed by atoms with Gasteiger partial charge in [-0.3, -0.25) is 14.4 Å². The monoisotopic (exact) mass is 527 g/mol. The standard InChI is InChI=1S/C26H29N3O5S2/c1-26(2)21(29-24(32)16-6-4-5-7-17(16)25(29)36-26)23(31)28-18(10-11-35-3)22(30)27-13-15-8-9-19-20(12-15)34-14-33-19/h4-9,12,18,21,25H,10-11,13-14H2,1-3H3,(H,27,30)(H,28,31). The molecule has 1 fully saturated rings. The van der Waals surface area contributed by atoms with Gasteiger partial charge in [0.05, 0.1) is 0 Å². The minimum absolute atomic E-state index is 0.137. The zero-order valence-corrected chi connectivity index (χ0v) is 22.0. The molecule has 36 heavy (non-hydrogen) atoms. The topological polar surface area (TPSA) is 97.0 Å². The summed E-state index contributed by atoms with van der Waals surface area (Å²) in [6, 6.07) is 11.6. The van der Waals surface area contributed by atoms with Gasteiger partial charge in [0, 0.05) is 16.9 Å².